The minimum Gasteiger partial charge on any atom is -0.508 e. The maximum Gasteiger partial charge on any atom is 0.305 e. The van der Waals surface area contributed by atoms with Crippen molar-refractivity contribution in [3.8, 4) is 5.75 Å². The quantitative estimate of drug-likeness (QED) is 0.0264. The van der Waals surface area contributed by atoms with Crippen LogP contribution in [0.15, 0.2) is 41.8 Å². The van der Waals surface area contributed by atoms with Gasteiger partial charge >= 0.3 is 11.9 Å². The number of nitrogens with zero attached hydrogens (tertiary/aromatic N) is 2. The minimum absolute atomic E-state index is 0.0945. The number of nitrogens with two attached hydrogens (primary N) is 4. The summed E-state index contributed by atoms with van der Waals surface area (Å²) in [6, 6.07) is -12.3. The molecule has 39 heteroatoms. The number of aliphatic imine (C=N–C) groups is 1. The highest BCUT2D eigenvalue weighted by Gasteiger charge is 2.37. The number of hydrogen-bond acceptors (Lipinski definition) is 21. The number of aliphatic hydroxyl groups is 2. The van der Waals surface area contributed by atoms with Gasteiger partial charge in [-0.05, 0) is 88.4 Å². The Morgan fingerprint density at radius 2 is 1.01 bits per heavy atom. The molecular formula is C58H89N19O20. The smallest absolute Gasteiger partial charge is 0.305 e. The monoisotopic (exact) mass is 1370 g/mol. The molecule has 1 saturated heterocycles. The number of imidazole rings is 1. The molecule has 0 spiro atoms. The van der Waals surface area contributed by atoms with E-state index in [1.165, 1.54) is 36.8 Å². The van der Waals surface area contributed by atoms with Crippen LogP contribution in [0.3, 0.4) is 0 Å². The van der Waals surface area contributed by atoms with Gasteiger partial charge in [-0.15, -0.1) is 0 Å². The summed E-state index contributed by atoms with van der Waals surface area (Å²) >= 11 is 0. The largest absolute Gasteiger partial charge is 0.508 e. The first-order valence-corrected chi connectivity index (χ1v) is 30.9. The van der Waals surface area contributed by atoms with Crippen LogP contribution in [-0.2, 0) is 84.8 Å². The highest BCUT2D eigenvalue weighted by atomic mass is 16.4. The Kier molecular flexibility index (Phi) is 34.3. The number of carboxylic acids is 2. The van der Waals surface area contributed by atoms with E-state index in [1.807, 2.05) is 0 Å². The number of guanidine groups is 1. The maximum absolute atomic E-state index is 14.5. The van der Waals surface area contributed by atoms with E-state index in [0.717, 1.165) is 6.92 Å². The van der Waals surface area contributed by atoms with Crippen LogP contribution < -0.4 is 86.7 Å². The van der Waals surface area contributed by atoms with Gasteiger partial charge in [-0.3, -0.25) is 76.9 Å². The van der Waals surface area contributed by atoms with Crippen LogP contribution in [0.2, 0.25) is 0 Å². The number of aromatic nitrogens is 2. The Morgan fingerprint density at radius 1 is 0.546 bits per heavy atom. The Morgan fingerprint density at radius 3 is 1.52 bits per heavy atom. The summed E-state index contributed by atoms with van der Waals surface area (Å²) in [4.78, 5) is 215. The number of amides is 13. The second-order valence-corrected chi connectivity index (χ2v) is 23.1. The van der Waals surface area contributed by atoms with Crippen molar-refractivity contribution in [1.82, 2.24) is 73.8 Å². The lowest BCUT2D eigenvalue weighted by atomic mass is 10.0. The minimum atomic E-state index is -2.04. The highest BCUT2D eigenvalue weighted by molar-refractivity contribution is 6.00. The lowest BCUT2D eigenvalue weighted by molar-refractivity contribution is -0.141. The molecule has 2 heterocycles. The van der Waals surface area contributed by atoms with Crippen molar-refractivity contribution in [3.63, 3.8) is 0 Å². The van der Waals surface area contributed by atoms with E-state index in [1.54, 1.807) is 13.8 Å². The number of primary amides is 1. The lowest BCUT2D eigenvalue weighted by Crippen LogP contribution is -2.61. The van der Waals surface area contributed by atoms with Gasteiger partial charge in [0.2, 0.25) is 76.8 Å². The third-order valence-corrected chi connectivity index (χ3v) is 14.5. The molecular weight excluding hydrogens is 1280 g/mol. The fourth-order valence-electron chi connectivity index (χ4n) is 9.43. The number of rotatable bonds is 24. The molecule has 2 aromatic rings. The molecule has 1 aliphatic heterocycles. The number of phenolic OH excluding ortho intramolecular Hbond substituents is 1. The van der Waals surface area contributed by atoms with E-state index in [2.05, 4.69) is 78.8 Å². The number of hydrogen-bond donors (Lipinski definition) is 22. The van der Waals surface area contributed by atoms with E-state index >= 15 is 0 Å². The van der Waals surface area contributed by atoms with Crippen LogP contribution in [0.25, 0.3) is 0 Å². The summed E-state index contributed by atoms with van der Waals surface area (Å²) in [6.45, 7) is 1.18. The average molecular weight is 1370 g/mol. The summed E-state index contributed by atoms with van der Waals surface area (Å²) in [5.41, 5.74) is 22.6. The fraction of sp³-hybridized carbons (Fsp3) is 0.569. The van der Waals surface area contributed by atoms with Crippen LogP contribution in [-0.4, -0.2) is 230 Å². The van der Waals surface area contributed by atoms with Crippen molar-refractivity contribution in [2.24, 2.45) is 33.8 Å². The number of aromatic amines is 1. The number of H-pyrrole nitrogens is 1. The van der Waals surface area contributed by atoms with E-state index in [0.29, 0.717) is 5.56 Å². The predicted octanol–water partition coefficient (Wildman–Crippen LogP) is -8.80. The van der Waals surface area contributed by atoms with E-state index in [-0.39, 0.29) is 81.4 Å². The van der Waals surface area contributed by atoms with Crippen LogP contribution in [0.1, 0.15) is 103 Å². The number of aliphatic hydroxyl groups excluding tert-OH is 2. The van der Waals surface area contributed by atoms with Crippen molar-refractivity contribution in [1.29, 1.82) is 0 Å². The molecule has 1 aliphatic rings. The Labute approximate surface area is 555 Å². The standard InChI is InChI=1S/C58H89N19O20/c1-28(2)19-37-48(88)65-24-43(82)68-35(14-16-45(84)85)52(92)69-33(7-4-5-17-59)50(90)71-36(13-15-42(60)81)53(93)76-41(26-78)56(96)70-34(8-6-18-64-58(61)62)51(91)74-40(22-46(86)87)49(89)66-25-44(83)77-47(29(3)79)57(97)75-38(20-30-9-11-32(80)12-10-30)54(94)73-39(55(95)72-37)21-31-23-63-27-67-31/h9-12,23,27-29,33-41,47,78-80H,4-8,13-22,24-26,59H2,1-3H3,(H2,60,81)(H,63,67)(H,65,88)(H,66,89)(H,68,82)(H,69,92)(H,70,96)(H,71,90)(H,72,95)(H,73,94)(H,74,91)(H,75,97)(H,76,93)(H,77,83)(H,84,85)(H,86,87)(H4,61,62,64)/t29-,33+,34+,35+,36+,37+,38+,39+,40+,41+,47+/m1/s1. The number of carbonyl (C=O) groups excluding carboxylic acids is 13. The number of carbonyl (C=O) groups is 15. The van der Waals surface area contributed by atoms with Gasteiger partial charge in [0.1, 0.15) is 66.2 Å². The van der Waals surface area contributed by atoms with Gasteiger partial charge in [-0.2, -0.15) is 0 Å². The number of aromatic hydroxyl groups is 1. The molecule has 11 atom stereocenters. The number of aliphatic carboxylic acids is 2. The molecule has 0 bridgehead atoms. The molecule has 0 aliphatic carbocycles. The summed E-state index contributed by atoms with van der Waals surface area (Å²) in [5, 5.41) is 78.7. The highest BCUT2D eigenvalue weighted by Crippen LogP contribution is 2.15. The second kappa shape index (κ2) is 41.3. The normalized spacial score (nSPS) is 23.5. The molecule has 1 aromatic heterocycles. The first-order chi connectivity index (χ1) is 45.8. The SMILES string of the molecule is CC(C)C[C@@H]1NC(=O)[C@H](Cc2cnc[nH]2)NC(=O)[C@H](Cc2ccc(O)cc2)NC(=O)[C@H]([C@@H](C)O)NC(=O)CNC(=O)[C@H](CC(=O)O)NC(=O)[C@H](CCCN=C(N)N)NC(=O)[C@H](CO)NC(=O)[C@H](CCC(N)=O)NC(=O)[C@H](CCCCN)NC(=O)[C@H](CCC(=O)O)NC(=O)CNC1=O. The van der Waals surface area contributed by atoms with Crippen molar-refractivity contribution in [2.75, 3.05) is 32.8 Å². The van der Waals surface area contributed by atoms with Gasteiger partial charge < -0.3 is 117 Å². The Balaban J connectivity index is 2.22. The van der Waals surface area contributed by atoms with Gasteiger partial charge in [0.25, 0.3) is 0 Å². The third-order valence-electron chi connectivity index (χ3n) is 14.5. The molecule has 0 saturated carbocycles. The zero-order valence-electron chi connectivity index (χ0n) is 53.7. The lowest BCUT2D eigenvalue weighted by Gasteiger charge is -2.28. The number of phenols is 1. The fourth-order valence-corrected chi connectivity index (χ4v) is 9.43. The maximum atomic E-state index is 14.5. The zero-order valence-corrected chi connectivity index (χ0v) is 53.7. The van der Waals surface area contributed by atoms with E-state index < -0.39 is 213 Å². The summed E-state index contributed by atoms with van der Waals surface area (Å²) < 4.78 is 0. The van der Waals surface area contributed by atoms with E-state index in [4.69, 9.17) is 22.9 Å². The molecule has 536 valence electrons. The summed E-state index contributed by atoms with van der Waals surface area (Å²) in [6.07, 6.45) is -3.99. The van der Waals surface area contributed by atoms with Gasteiger partial charge in [-0.25, -0.2) is 4.98 Å². The van der Waals surface area contributed by atoms with Crippen molar-refractivity contribution in [2.45, 2.75) is 171 Å². The van der Waals surface area contributed by atoms with Crippen LogP contribution in [0.5, 0.6) is 5.75 Å². The van der Waals surface area contributed by atoms with Crippen molar-refractivity contribution < 1.29 is 97.5 Å². The predicted molar refractivity (Wildman–Crippen MR) is 338 cm³/mol. The van der Waals surface area contributed by atoms with Crippen LogP contribution in [0, 0.1) is 5.92 Å². The molecule has 26 N–H and O–H groups in total. The van der Waals surface area contributed by atoms with Gasteiger partial charge in [0.05, 0.1) is 38.5 Å². The van der Waals surface area contributed by atoms with Crippen LogP contribution >= 0.6 is 0 Å². The molecule has 0 radical (unpaired) electrons. The molecule has 1 aromatic carbocycles. The summed E-state index contributed by atoms with van der Waals surface area (Å²) in [7, 11) is 0. The number of nitrogens with one attached hydrogen (secondary N) is 13. The Bertz CT molecular complexity index is 3090. The molecule has 1 fully saturated rings. The molecule has 97 heavy (non-hydrogen) atoms. The van der Waals surface area contributed by atoms with Gasteiger partial charge in [0, 0.05) is 44.1 Å². The van der Waals surface area contributed by atoms with Gasteiger partial charge in [-0.1, -0.05) is 26.0 Å². The topological polar surface area (TPSA) is 647 Å². The average Bonchev–Trinajstić information content (AvgIpc) is 1.64. The molecule has 39 nitrogen and oxygen atoms in total. The molecule has 3 rings (SSSR count). The first-order valence-electron chi connectivity index (χ1n) is 30.9. The second-order valence-electron chi connectivity index (χ2n) is 23.1. The zero-order chi connectivity index (χ0) is 72.5. The van der Waals surface area contributed by atoms with Gasteiger partial charge in [0.15, 0.2) is 5.96 Å². The third kappa shape index (κ3) is 30.2. The molecule has 0 unspecified atom stereocenters. The number of unbranched alkanes of at least 4 members (excludes halogenated alkanes) is 1. The molecule has 13 amide bonds. The number of benzene rings is 1. The van der Waals surface area contributed by atoms with Crippen molar-refractivity contribution in [3.05, 3.63) is 48.0 Å². The first kappa shape index (κ1) is 80.7. The summed E-state index contributed by atoms with van der Waals surface area (Å²) in [5.74, 6) is -18.9. The van der Waals surface area contributed by atoms with E-state index in [9.17, 15) is 97.5 Å². The Hall–Kier alpha value is -10.6. The number of carboxylic acid groups (broad SMARTS) is 2. The van der Waals surface area contributed by atoms with Crippen LogP contribution in [0.4, 0.5) is 0 Å². The van der Waals surface area contributed by atoms with Crippen molar-refractivity contribution >= 4 is 94.7 Å².